The molecule has 0 aromatic carbocycles. The van der Waals surface area contributed by atoms with E-state index in [-0.39, 0.29) is 11.9 Å². The van der Waals surface area contributed by atoms with E-state index in [1.807, 2.05) is 6.07 Å². The highest BCUT2D eigenvalue weighted by atomic mass is 16.1. The van der Waals surface area contributed by atoms with Crippen LogP contribution in [0.25, 0.3) is 0 Å². The van der Waals surface area contributed by atoms with Crippen molar-refractivity contribution < 1.29 is 4.79 Å². The summed E-state index contributed by atoms with van der Waals surface area (Å²) < 4.78 is 0. The van der Waals surface area contributed by atoms with Crippen molar-refractivity contribution in [3.05, 3.63) is 29.6 Å². The highest BCUT2D eigenvalue weighted by Gasteiger charge is 2.19. The second-order valence-corrected chi connectivity index (χ2v) is 4.65. The number of aromatic nitrogens is 1. The smallest absolute Gasteiger partial charge is 0.253 e. The summed E-state index contributed by atoms with van der Waals surface area (Å²) in [6.45, 7) is 1.95. The zero-order valence-corrected chi connectivity index (χ0v) is 10.4. The standard InChI is InChI=1S/C13H16N4O/c1-17-4-2-3-12(9-17)16-13(18)11-5-10(6-14)7-15-8-11/h5,7-8,12H,2-4,9H2,1H3,(H,16,18). The molecule has 0 aliphatic carbocycles. The van der Waals surface area contributed by atoms with E-state index in [0.29, 0.717) is 11.1 Å². The van der Waals surface area contributed by atoms with Crippen molar-refractivity contribution in [1.29, 1.82) is 5.26 Å². The fourth-order valence-electron chi connectivity index (χ4n) is 2.18. The second-order valence-electron chi connectivity index (χ2n) is 4.65. The maximum absolute atomic E-state index is 12.0. The summed E-state index contributed by atoms with van der Waals surface area (Å²) >= 11 is 0. The summed E-state index contributed by atoms with van der Waals surface area (Å²) in [6, 6.07) is 3.73. The zero-order chi connectivity index (χ0) is 13.0. The third-order valence-electron chi connectivity index (χ3n) is 3.09. The van der Waals surface area contributed by atoms with Gasteiger partial charge in [-0.2, -0.15) is 5.26 Å². The SMILES string of the molecule is CN1CCCC(NC(=O)c2cncc(C#N)c2)C1. The van der Waals surface area contributed by atoms with E-state index in [0.717, 1.165) is 25.9 Å². The van der Waals surface area contributed by atoms with Gasteiger partial charge < -0.3 is 10.2 Å². The second kappa shape index (κ2) is 5.61. The van der Waals surface area contributed by atoms with Crippen LogP contribution in [0.5, 0.6) is 0 Å². The Kier molecular flexibility index (Phi) is 3.90. The number of likely N-dealkylation sites (tertiary alicyclic amines) is 1. The quantitative estimate of drug-likeness (QED) is 0.834. The number of hydrogen-bond donors (Lipinski definition) is 1. The van der Waals surface area contributed by atoms with Gasteiger partial charge in [0.25, 0.3) is 5.91 Å². The van der Waals surface area contributed by atoms with Gasteiger partial charge in [0.2, 0.25) is 0 Å². The molecular formula is C13H16N4O. The first-order valence-electron chi connectivity index (χ1n) is 6.03. The molecule has 1 aromatic heterocycles. The van der Waals surface area contributed by atoms with Gasteiger partial charge in [-0.05, 0) is 32.5 Å². The van der Waals surface area contributed by atoms with Crippen LogP contribution in [-0.4, -0.2) is 42.0 Å². The maximum Gasteiger partial charge on any atom is 0.253 e. The van der Waals surface area contributed by atoms with Crippen molar-refractivity contribution in [1.82, 2.24) is 15.2 Å². The van der Waals surface area contributed by atoms with E-state index >= 15 is 0 Å². The predicted octanol–water partition coefficient (Wildman–Crippen LogP) is 0.777. The molecule has 5 nitrogen and oxygen atoms in total. The molecule has 94 valence electrons. The molecule has 1 amide bonds. The normalized spacial score (nSPS) is 20.1. The molecular weight excluding hydrogens is 228 g/mol. The molecule has 0 bridgehead atoms. The Balaban J connectivity index is 2.01. The Morgan fingerprint density at radius 2 is 2.44 bits per heavy atom. The number of piperidine rings is 1. The minimum Gasteiger partial charge on any atom is -0.348 e. The Morgan fingerprint density at radius 3 is 3.17 bits per heavy atom. The molecule has 1 aliphatic rings. The summed E-state index contributed by atoms with van der Waals surface area (Å²) in [7, 11) is 2.05. The molecule has 1 unspecified atom stereocenters. The van der Waals surface area contributed by atoms with E-state index < -0.39 is 0 Å². The summed E-state index contributed by atoms with van der Waals surface area (Å²) in [4.78, 5) is 18.1. The van der Waals surface area contributed by atoms with Gasteiger partial charge in [-0.3, -0.25) is 9.78 Å². The average molecular weight is 244 g/mol. The highest BCUT2D eigenvalue weighted by molar-refractivity contribution is 5.94. The number of nitrogens with zero attached hydrogens (tertiary/aromatic N) is 3. The molecule has 0 radical (unpaired) electrons. The first-order valence-corrected chi connectivity index (χ1v) is 6.03. The summed E-state index contributed by atoms with van der Waals surface area (Å²) in [5, 5.41) is 11.8. The Labute approximate surface area is 106 Å². The molecule has 2 heterocycles. The van der Waals surface area contributed by atoms with Crippen LogP contribution < -0.4 is 5.32 Å². The number of hydrogen-bond acceptors (Lipinski definition) is 4. The van der Waals surface area contributed by atoms with Crippen LogP contribution >= 0.6 is 0 Å². The van der Waals surface area contributed by atoms with Gasteiger partial charge in [0.15, 0.2) is 0 Å². The van der Waals surface area contributed by atoms with Crippen LogP contribution in [0.3, 0.4) is 0 Å². The molecule has 1 saturated heterocycles. The monoisotopic (exact) mass is 244 g/mol. The van der Waals surface area contributed by atoms with Crippen molar-refractivity contribution in [2.75, 3.05) is 20.1 Å². The number of amides is 1. The van der Waals surface area contributed by atoms with Crippen molar-refractivity contribution in [3.8, 4) is 6.07 Å². The predicted molar refractivity (Wildman–Crippen MR) is 66.9 cm³/mol. The van der Waals surface area contributed by atoms with Crippen molar-refractivity contribution in [2.45, 2.75) is 18.9 Å². The molecule has 0 saturated carbocycles. The van der Waals surface area contributed by atoms with Crippen molar-refractivity contribution in [3.63, 3.8) is 0 Å². The van der Waals surface area contributed by atoms with Gasteiger partial charge in [-0.25, -0.2) is 0 Å². The number of carbonyl (C=O) groups is 1. The molecule has 1 atom stereocenters. The largest absolute Gasteiger partial charge is 0.348 e. The van der Waals surface area contributed by atoms with E-state index in [1.165, 1.54) is 12.4 Å². The van der Waals surface area contributed by atoms with Gasteiger partial charge in [-0.15, -0.1) is 0 Å². The molecule has 1 aliphatic heterocycles. The summed E-state index contributed by atoms with van der Waals surface area (Å²) in [6.07, 6.45) is 5.03. The minimum absolute atomic E-state index is 0.153. The van der Waals surface area contributed by atoms with E-state index in [2.05, 4.69) is 22.2 Å². The number of nitrogens with one attached hydrogen (secondary N) is 1. The topological polar surface area (TPSA) is 69.0 Å². The van der Waals surface area contributed by atoms with E-state index in [1.54, 1.807) is 6.07 Å². The third kappa shape index (κ3) is 3.05. The van der Waals surface area contributed by atoms with Crippen LogP contribution in [0.15, 0.2) is 18.5 Å². The lowest BCUT2D eigenvalue weighted by Crippen LogP contribution is -2.46. The average Bonchev–Trinajstić information content (AvgIpc) is 2.39. The number of rotatable bonds is 2. The van der Waals surface area contributed by atoms with Crippen LogP contribution in [0.4, 0.5) is 0 Å². The van der Waals surface area contributed by atoms with Crippen LogP contribution in [0.1, 0.15) is 28.8 Å². The fourth-order valence-corrected chi connectivity index (χ4v) is 2.18. The Hall–Kier alpha value is -1.93. The molecule has 18 heavy (non-hydrogen) atoms. The molecule has 2 rings (SSSR count). The lowest BCUT2D eigenvalue weighted by molar-refractivity contribution is 0.0912. The Morgan fingerprint density at radius 1 is 1.61 bits per heavy atom. The number of likely N-dealkylation sites (N-methyl/N-ethyl adjacent to an activating group) is 1. The zero-order valence-electron chi connectivity index (χ0n) is 10.4. The van der Waals surface area contributed by atoms with Gasteiger partial charge in [-0.1, -0.05) is 0 Å². The van der Waals surface area contributed by atoms with Gasteiger partial charge in [0, 0.05) is 25.0 Å². The lowest BCUT2D eigenvalue weighted by atomic mass is 10.1. The van der Waals surface area contributed by atoms with Crippen LogP contribution in [0.2, 0.25) is 0 Å². The Bertz CT molecular complexity index is 480. The van der Waals surface area contributed by atoms with E-state index in [4.69, 9.17) is 5.26 Å². The van der Waals surface area contributed by atoms with Gasteiger partial charge in [0.1, 0.15) is 6.07 Å². The van der Waals surface area contributed by atoms with E-state index in [9.17, 15) is 4.79 Å². The molecule has 0 spiro atoms. The maximum atomic E-state index is 12.0. The molecule has 5 heteroatoms. The summed E-state index contributed by atoms with van der Waals surface area (Å²) in [5.74, 6) is -0.153. The summed E-state index contributed by atoms with van der Waals surface area (Å²) in [5.41, 5.74) is 0.852. The van der Waals surface area contributed by atoms with Crippen LogP contribution in [0, 0.1) is 11.3 Å². The fraction of sp³-hybridized carbons (Fsp3) is 0.462. The number of pyridine rings is 1. The lowest BCUT2D eigenvalue weighted by Gasteiger charge is -2.30. The number of carbonyl (C=O) groups excluding carboxylic acids is 1. The van der Waals surface area contributed by atoms with Gasteiger partial charge in [0.05, 0.1) is 11.1 Å². The highest BCUT2D eigenvalue weighted by Crippen LogP contribution is 2.09. The first kappa shape index (κ1) is 12.5. The first-order chi connectivity index (χ1) is 8.69. The minimum atomic E-state index is -0.153. The molecule has 1 N–H and O–H groups in total. The molecule has 1 aromatic rings. The van der Waals surface area contributed by atoms with Crippen molar-refractivity contribution in [2.24, 2.45) is 0 Å². The number of nitriles is 1. The van der Waals surface area contributed by atoms with Gasteiger partial charge >= 0.3 is 0 Å². The molecule has 1 fully saturated rings. The van der Waals surface area contributed by atoms with Crippen LogP contribution in [-0.2, 0) is 0 Å². The third-order valence-corrected chi connectivity index (χ3v) is 3.09. The van der Waals surface area contributed by atoms with Crippen molar-refractivity contribution >= 4 is 5.91 Å².